The maximum Gasteiger partial charge on any atom is 0.291 e. The number of hydrogen-bond donors (Lipinski definition) is 1. The largest absolute Gasteiger partial charge is 0.490 e. The van der Waals surface area contributed by atoms with Crippen LogP contribution in [0.4, 0.5) is 5.69 Å². The molecule has 8 nitrogen and oxygen atoms in total. The molecular weight excluding hydrogens is 494 g/mol. The predicted octanol–water partition coefficient (Wildman–Crippen LogP) is 6.42. The van der Waals surface area contributed by atoms with Crippen LogP contribution in [0.15, 0.2) is 59.0 Å². The molecule has 2 aromatic carbocycles. The number of carbonyl (C=O) groups is 1. The maximum atomic E-state index is 12.7. The summed E-state index contributed by atoms with van der Waals surface area (Å²) in [6.45, 7) is 9.49. The molecule has 4 aromatic rings. The van der Waals surface area contributed by atoms with Gasteiger partial charge in [-0.25, -0.2) is 0 Å². The summed E-state index contributed by atoms with van der Waals surface area (Å²) in [6.07, 6.45) is 0. The van der Waals surface area contributed by atoms with Crippen LogP contribution in [-0.2, 0) is 13.2 Å². The van der Waals surface area contributed by atoms with Crippen molar-refractivity contribution in [3.63, 3.8) is 0 Å². The third-order valence-electron chi connectivity index (χ3n) is 5.61. The molecule has 0 atom stereocenters. The van der Waals surface area contributed by atoms with Gasteiger partial charge in [0.2, 0.25) is 0 Å². The third-order valence-corrected chi connectivity index (χ3v) is 6.16. The van der Waals surface area contributed by atoms with Crippen molar-refractivity contribution in [3.05, 3.63) is 88.1 Å². The number of hydrogen-bond acceptors (Lipinski definition) is 6. The Hall–Kier alpha value is -3.91. The molecule has 0 saturated heterocycles. The highest BCUT2D eigenvalue weighted by molar-refractivity contribution is 6.31. The monoisotopic (exact) mass is 523 g/mol. The zero-order chi connectivity index (χ0) is 26.4. The molecule has 2 heterocycles. The molecule has 0 bridgehead atoms. The molecule has 194 valence electrons. The summed E-state index contributed by atoms with van der Waals surface area (Å²) in [5.74, 6) is 2.57. The number of furan rings is 1. The fourth-order valence-electron chi connectivity index (χ4n) is 3.74. The van der Waals surface area contributed by atoms with E-state index in [2.05, 4.69) is 10.4 Å². The molecule has 2 aromatic heterocycles. The number of ether oxygens (including phenoxy) is 3. The fourth-order valence-corrected chi connectivity index (χ4v) is 3.88. The van der Waals surface area contributed by atoms with Crippen molar-refractivity contribution in [1.82, 2.24) is 9.78 Å². The first-order valence-corrected chi connectivity index (χ1v) is 12.5. The summed E-state index contributed by atoms with van der Waals surface area (Å²) < 4.78 is 24.7. The second-order valence-electron chi connectivity index (χ2n) is 8.32. The minimum Gasteiger partial charge on any atom is -0.490 e. The molecule has 4 rings (SSSR count). The van der Waals surface area contributed by atoms with Gasteiger partial charge in [-0.3, -0.25) is 9.48 Å². The van der Waals surface area contributed by atoms with Crippen LogP contribution in [0.1, 0.15) is 47.1 Å². The Morgan fingerprint density at radius 1 is 0.973 bits per heavy atom. The topological polar surface area (TPSA) is 87.8 Å². The van der Waals surface area contributed by atoms with Crippen LogP contribution in [0, 0.1) is 13.8 Å². The van der Waals surface area contributed by atoms with Crippen LogP contribution in [0.5, 0.6) is 17.2 Å². The van der Waals surface area contributed by atoms with Crippen molar-refractivity contribution in [2.75, 3.05) is 18.5 Å². The maximum absolute atomic E-state index is 12.7. The van der Waals surface area contributed by atoms with E-state index in [0.29, 0.717) is 60.1 Å². The van der Waals surface area contributed by atoms with Gasteiger partial charge in [-0.2, -0.15) is 5.10 Å². The molecule has 0 saturated carbocycles. The van der Waals surface area contributed by atoms with Gasteiger partial charge in [0.05, 0.1) is 36.2 Å². The number of amides is 1. The van der Waals surface area contributed by atoms with Gasteiger partial charge in [-0.05, 0) is 81.8 Å². The van der Waals surface area contributed by atoms with Gasteiger partial charge in [0.15, 0.2) is 17.3 Å². The minimum absolute atomic E-state index is 0.212. The lowest BCUT2D eigenvalue weighted by Crippen LogP contribution is -2.11. The zero-order valence-electron chi connectivity index (χ0n) is 21.3. The van der Waals surface area contributed by atoms with Crippen molar-refractivity contribution in [3.8, 4) is 17.2 Å². The Bertz CT molecular complexity index is 1360. The lowest BCUT2D eigenvalue weighted by atomic mass is 10.2. The number of nitrogens with one attached hydrogen (secondary N) is 1. The highest BCUT2D eigenvalue weighted by Gasteiger charge is 2.15. The van der Waals surface area contributed by atoms with Crippen molar-refractivity contribution < 1.29 is 23.4 Å². The average Bonchev–Trinajstić information content (AvgIpc) is 3.46. The molecule has 0 radical (unpaired) electrons. The van der Waals surface area contributed by atoms with Crippen LogP contribution in [0.25, 0.3) is 0 Å². The van der Waals surface area contributed by atoms with E-state index in [9.17, 15) is 4.79 Å². The minimum atomic E-state index is -0.343. The van der Waals surface area contributed by atoms with E-state index in [1.54, 1.807) is 41.1 Å². The fraction of sp³-hybridized carbons (Fsp3) is 0.286. The third kappa shape index (κ3) is 6.46. The zero-order valence-corrected chi connectivity index (χ0v) is 22.1. The van der Waals surface area contributed by atoms with E-state index in [1.165, 1.54) is 0 Å². The van der Waals surface area contributed by atoms with E-state index in [1.807, 2.05) is 45.9 Å². The highest BCUT2D eigenvalue weighted by Crippen LogP contribution is 2.29. The molecule has 9 heteroatoms. The number of carbonyl (C=O) groups excluding carboxylic acids is 1. The molecule has 37 heavy (non-hydrogen) atoms. The molecule has 0 aliphatic rings. The van der Waals surface area contributed by atoms with Crippen LogP contribution < -0.4 is 19.5 Å². The Kier molecular flexibility index (Phi) is 8.40. The number of aromatic nitrogens is 2. The van der Waals surface area contributed by atoms with Gasteiger partial charge in [-0.15, -0.1) is 0 Å². The van der Waals surface area contributed by atoms with E-state index in [-0.39, 0.29) is 11.7 Å². The van der Waals surface area contributed by atoms with Crippen molar-refractivity contribution in [1.29, 1.82) is 0 Å². The Morgan fingerprint density at radius 2 is 1.70 bits per heavy atom. The van der Waals surface area contributed by atoms with Gasteiger partial charge in [0.1, 0.15) is 18.1 Å². The van der Waals surface area contributed by atoms with E-state index in [4.69, 9.17) is 30.2 Å². The number of nitrogens with zero attached hydrogens (tertiary/aromatic N) is 2. The van der Waals surface area contributed by atoms with Gasteiger partial charge in [0.25, 0.3) is 5.91 Å². The second kappa shape index (κ2) is 11.9. The van der Waals surface area contributed by atoms with Crippen LogP contribution in [0.2, 0.25) is 5.02 Å². The molecule has 0 aliphatic carbocycles. The first-order chi connectivity index (χ1) is 17.9. The average molecular weight is 524 g/mol. The quantitative estimate of drug-likeness (QED) is 0.244. The van der Waals surface area contributed by atoms with Crippen molar-refractivity contribution in [2.24, 2.45) is 0 Å². The van der Waals surface area contributed by atoms with Crippen molar-refractivity contribution in [2.45, 2.75) is 40.8 Å². The summed E-state index contributed by atoms with van der Waals surface area (Å²) in [5.41, 5.74) is 3.19. The van der Waals surface area contributed by atoms with Crippen LogP contribution >= 0.6 is 11.6 Å². The van der Waals surface area contributed by atoms with Gasteiger partial charge in [-0.1, -0.05) is 17.7 Å². The summed E-state index contributed by atoms with van der Waals surface area (Å²) in [7, 11) is 0. The van der Waals surface area contributed by atoms with Crippen LogP contribution in [0.3, 0.4) is 0 Å². The number of rotatable bonds is 11. The van der Waals surface area contributed by atoms with Gasteiger partial charge in [0, 0.05) is 5.69 Å². The number of halogens is 1. The smallest absolute Gasteiger partial charge is 0.291 e. The lowest BCUT2D eigenvalue weighted by Gasteiger charge is -2.13. The lowest BCUT2D eigenvalue weighted by molar-refractivity contribution is 0.0994. The molecule has 0 unspecified atom stereocenters. The first-order valence-electron chi connectivity index (χ1n) is 12.1. The molecule has 0 spiro atoms. The second-order valence-corrected chi connectivity index (χ2v) is 8.70. The van der Waals surface area contributed by atoms with E-state index >= 15 is 0 Å². The summed E-state index contributed by atoms with van der Waals surface area (Å²) in [4.78, 5) is 12.7. The summed E-state index contributed by atoms with van der Waals surface area (Å²) in [6, 6.07) is 16.3. The Morgan fingerprint density at radius 3 is 2.38 bits per heavy atom. The Labute approximate surface area is 221 Å². The van der Waals surface area contributed by atoms with E-state index < -0.39 is 0 Å². The molecule has 0 fully saturated rings. The van der Waals surface area contributed by atoms with Crippen molar-refractivity contribution >= 4 is 23.2 Å². The SMILES string of the molecule is CCOc1ccc(COc2ccc(NC(=O)c3ccc(Cn4nc(C)c(Cl)c4C)o3)cc2)cc1OCC. The number of benzene rings is 2. The number of aryl methyl sites for hydroxylation is 1. The highest BCUT2D eigenvalue weighted by atomic mass is 35.5. The molecular formula is C28H30ClN3O5. The summed E-state index contributed by atoms with van der Waals surface area (Å²) in [5, 5.41) is 7.86. The first kappa shape index (κ1) is 26.2. The standard InChI is InChI=1S/C28H30ClN3O5/c1-5-34-24-13-7-20(15-26(24)35-6-2)17-36-22-10-8-21(9-11-22)30-28(33)25-14-12-23(37-25)16-32-19(4)27(29)18(3)31-32/h7-15H,5-6,16-17H2,1-4H3,(H,30,33). The Balaban J connectivity index is 1.32. The summed E-state index contributed by atoms with van der Waals surface area (Å²) >= 11 is 6.21. The van der Waals surface area contributed by atoms with E-state index in [0.717, 1.165) is 17.0 Å². The molecule has 1 N–H and O–H groups in total. The molecule has 1 amide bonds. The van der Waals surface area contributed by atoms with Gasteiger partial charge < -0.3 is 23.9 Å². The van der Waals surface area contributed by atoms with Gasteiger partial charge >= 0.3 is 0 Å². The number of anilines is 1. The predicted molar refractivity (Wildman–Crippen MR) is 142 cm³/mol. The normalized spacial score (nSPS) is 10.8. The molecule has 0 aliphatic heterocycles. The van der Waals surface area contributed by atoms with Crippen LogP contribution in [-0.4, -0.2) is 28.9 Å².